The lowest BCUT2D eigenvalue weighted by Crippen LogP contribution is -2.15. The summed E-state index contributed by atoms with van der Waals surface area (Å²) in [6, 6.07) is 9.74. The van der Waals surface area contributed by atoms with Crippen molar-refractivity contribution in [3.8, 4) is 0 Å². The molecule has 4 heteroatoms. The fourth-order valence-corrected chi connectivity index (χ4v) is 2.57. The summed E-state index contributed by atoms with van der Waals surface area (Å²) in [6.45, 7) is 4.35. The molecule has 0 bridgehead atoms. The summed E-state index contributed by atoms with van der Waals surface area (Å²) in [5.74, 6) is 0.160. The Balaban J connectivity index is 1.86. The number of nitrogens with zero attached hydrogens (tertiary/aromatic N) is 1. The van der Waals surface area contributed by atoms with Crippen LogP contribution in [0.5, 0.6) is 0 Å². The highest BCUT2D eigenvalue weighted by atomic mass is 32.1. The number of carbonyl (C=O) groups is 1. The maximum atomic E-state index is 11.8. The number of benzene rings is 1. The third kappa shape index (κ3) is 3.40. The maximum Gasteiger partial charge on any atom is 0.158 e. The third-order valence-corrected chi connectivity index (χ3v) is 3.76. The zero-order valence-corrected chi connectivity index (χ0v) is 11.4. The molecule has 3 nitrogen and oxygen atoms in total. The van der Waals surface area contributed by atoms with Gasteiger partial charge in [0.25, 0.3) is 0 Å². The first-order chi connectivity index (χ1) is 8.65. The molecule has 0 aliphatic carbocycles. The van der Waals surface area contributed by atoms with Crippen LogP contribution in [0, 0.1) is 13.8 Å². The Hall–Kier alpha value is -1.68. The lowest BCUT2D eigenvalue weighted by Gasteiger charge is -2.04. The third-order valence-electron chi connectivity index (χ3n) is 2.68. The van der Waals surface area contributed by atoms with Gasteiger partial charge in [-0.25, -0.2) is 4.98 Å². The summed E-state index contributed by atoms with van der Waals surface area (Å²) in [6.07, 6.45) is 0.416. The number of aromatic nitrogens is 1. The van der Waals surface area contributed by atoms with Crippen LogP contribution in [-0.4, -0.2) is 17.3 Å². The van der Waals surface area contributed by atoms with E-state index in [0.29, 0.717) is 13.0 Å². The van der Waals surface area contributed by atoms with E-state index in [1.54, 1.807) is 11.3 Å². The van der Waals surface area contributed by atoms with E-state index >= 15 is 0 Å². The highest BCUT2D eigenvalue weighted by molar-refractivity contribution is 7.11. The Bertz CT molecular complexity index is 514. The minimum absolute atomic E-state index is 0.160. The van der Waals surface area contributed by atoms with Crippen molar-refractivity contribution in [3.63, 3.8) is 0 Å². The quantitative estimate of drug-likeness (QED) is 0.898. The predicted octanol–water partition coefficient (Wildman–Crippen LogP) is 2.98. The Labute approximate surface area is 111 Å². The molecule has 0 amide bonds. The van der Waals surface area contributed by atoms with Crippen LogP contribution in [-0.2, 0) is 11.2 Å². The molecule has 0 unspecified atom stereocenters. The molecule has 0 fully saturated rings. The fraction of sp³-hybridized carbons (Fsp3) is 0.286. The summed E-state index contributed by atoms with van der Waals surface area (Å²) in [5.41, 5.74) is 2.00. The molecule has 1 N–H and O–H groups in total. The molecule has 0 spiro atoms. The number of carbonyl (C=O) groups excluding carboxylic acids is 1. The molecular formula is C14H16N2OS. The van der Waals surface area contributed by atoms with Crippen molar-refractivity contribution in [2.75, 3.05) is 11.9 Å². The molecule has 0 aliphatic rings. The number of para-hydroxylation sites is 1. The number of hydrogen-bond acceptors (Lipinski definition) is 4. The van der Waals surface area contributed by atoms with Crippen molar-refractivity contribution in [2.45, 2.75) is 20.3 Å². The van der Waals surface area contributed by atoms with Crippen molar-refractivity contribution < 1.29 is 4.79 Å². The van der Waals surface area contributed by atoms with Gasteiger partial charge in [-0.2, -0.15) is 0 Å². The SMILES string of the molecule is Cc1nc(CC(=O)CNc2ccccc2)sc1C. The normalized spacial score (nSPS) is 10.3. The molecule has 94 valence electrons. The summed E-state index contributed by atoms with van der Waals surface area (Å²) in [7, 11) is 0. The average molecular weight is 260 g/mol. The molecule has 2 aromatic rings. The molecular weight excluding hydrogens is 244 g/mol. The van der Waals surface area contributed by atoms with E-state index in [2.05, 4.69) is 10.3 Å². The van der Waals surface area contributed by atoms with Crippen LogP contribution in [0.4, 0.5) is 5.69 Å². The number of anilines is 1. The number of Topliss-reactive ketones (excluding diaryl/α,β-unsaturated/α-hetero) is 1. The molecule has 0 aliphatic heterocycles. The van der Waals surface area contributed by atoms with E-state index in [1.165, 1.54) is 4.88 Å². The number of rotatable bonds is 5. The highest BCUT2D eigenvalue weighted by Crippen LogP contribution is 2.17. The van der Waals surface area contributed by atoms with E-state index in [4.69, 9.17) is 0 Å². The van der Waals surface area contributed by atoms with Crippen LogP contribution in [0.25, 0.3) is 0 Å². The van der Waals surface area contributed by atoms with Gasteiger partial charge >= 0.3 is 0 Å². The van der Waals surface area contributed by atoms with Crippen LogP contribution in [0.1, 0.15) is 15.6 Å². The molecule has 1 aromatic heterocycles. The molecule has 1 heterocycles. The maximum absolute atomic E-state index is 11.8. The smallest absolute Gasteiger partial charge is 0.158 e. The Morgan fingerprint density at radius 1 is 1.28 bits per heavy atom. The van der Waals surface area contributed by atoms with Crippen LogP contribution < -0.4 is 5.32 Å². The van der Waals surface area contributed by atoms with Crippen molar-refractivity contribution in [2.24, 2.45) is 0 Å². The second kappa shape index (κ2) is 5.78. The largest absolute Gasteiger partial charge is 0.378 e. The molecule has 0 saturated heterocycles. The first kappa shape index (κ1) is 12.8. The van der Waals surface area contributed by atoms with Gasteiger partial charge in [0.1, 0.15) is 5.01 Å². The van der Waals surface area contributed by atoms with Gasteiger partial charge in [0.2, 0.25) is 0 Å². The number of aryl methyl sites for hydroxylation is 2. The Kier molecular flexibility index (Phi) is 4.10. The number of hydrogen-bond donors (Lipinski definition) is 1. The lowest BCUT2D eigenvalue weighted by atomic mass is 10.2. The van der Waals surface area contributed by atoms with E-state index < -0.39 is 0 Å². The van der Waals surface area contributed by atoms with Gasteiger partial charge in [-0.1, -0.05) is 18.2 Å². The number of nitrogens with one attached hydrogen (secondary N) is 1. The topological polar surface area (TPSA) is 42.0 Å². The molecule has 18 heavy (non-hydrogen) atoms. The fourth-order valence-electron chi connectivity index (χ4n) is 1.60. The first-order valence-corrected chi connectivity index (χ1v) is 6.70. The van der Waals surface area contributed by atoms with Crippen molar-refractivity contribution in [1.29, 1.82) is 0 Å². The van der Waals surface area contributed by atoms with Crippen LogP contribution in [0.3, 0.4) is 0 Å². The molecule has 2 rings (SSSR count). The average Bonchev–Trinajstić information content (AvgIpc) is 2.67. The van der Waals surface area contributed by atoms with E-state index in [1.807, 2.05) is 44.2 Å². The first-order valence-electron chi connectivity index (χ1n) is 5.88. The van der Waals surface area contributed by atoms with Crippen LogP contribution in [0.2, 0.25) is 0 Å². The zero-order valence-electron chi connectivity index (χ0n) is 10.6. The highest BCUT2D eigenvalue weighted by Gasteiger charge is 2.08. The van der Waals surface area contributed by atoms with Crippen LogP contribution in [0.15, 0.2) is 30.3 Å². The standard InChI is InChI=1S/C14H16N2OS/c1-10-11(2)18-14(16-10)8-13(17)9-15-12-6-4-3-5-7-12/h3-7,15H,8-9H2,1-2H3. The summed E-state index contributed by atoms with van der Waals surface area (Å²) in [4.78, 5) is 17.4. The molecule has 0 saturated carbocycles. The van der Waals surface area contributed by atoms with Gasteiger partial charge in [0, 0.05) is 10.6 Å². The number of ketones is 1. The zero-order chi connectivity index (χ0) is 13.0. The Morgan fingerprint density at radius 3 is 2.61 bits per heavy atom. The van der Waals surface area contributed by atoms with E-state index in [0.717, 1.165) is 16.4 Å². The van der Waals surface area contributed by atoms with Crippen molar-refractivity contribution >= 4 is 22.8 Å². The number of thiazole rings is 1. The van der Waals surface area contributed by atoms with E-state index in [9.17, 15) is 4.79 Å². The second-order valence-corrected chi connectivity index (χ2v) is 5.47. The summed E-state index contributed by atoms with van der Waals surface area (Å²) < 4.78 is 0. The van der Waals surface area contributed by atoms with Gasteiger partial charge < -0.3 is 5.32 Å². The molecule has 0 atom stereocenters. The van der Waals surface area contributed by atoms with Gasteiger partial charge in [0.05, 0.1) is 18.7 Å². The summed E-state index contributed by atoms with van der Waals surface area (Å²) in [5, 5.41) is 4.02. The Morgan fingerprint density at radius 2 is 2.00 bits per heavy atom. The summed E-state index contributed by atoms with van der Waals surface area (Å²) >= 11 is 1.60. The molecule has 1 aromatic carbocycles. The van der Waals surface area contributed by atoms with E-state index in [-0.39, 0.29) is 5.78 Å². The molecule has 0 radical (unpaired) electrons. The van der Waals surface area contributed by atoms with Crippen LogP contribution >= 0.6 is 11.3 Å². The monoisotopic (exact) mass is 260 g/mol. The van der Waals surface area contributed by atoms with Gasteiger partial charge in [-0.05, 0) is 26.0 Å². The van der Waals surface area contributed by atoms with Gasteiger partial charge in [0.15, 0.2) is 5.78 Å². The second-order valence-electron chi connectivity index (χ2n) is 4.18. The lowest BCUT2D eigenvalue weighted by molar-refractivity contribution is -0.116. The van der Waals surface area contributed by atoms with Gasteiger partial charge in [-0.3, -0.25) is 4.79 Å². The minimum atomic E-state index is 0.160. The van der Waals surface area contributed by atoms with Crippen molar-refractivity contribution in [3.05, 3.63) is 45.9 Å². The predicted molar refractivity (Wildman–Crippen MR) is 75.2 cm³/mol. The van der Waals surface area contributed by atoms with Gasteiger partial charge in [-0.15, -0.1) is 11.3 Å². The van der Waals surface area contributed by atoms with Crippen molar-refractivity contribution in [1.82, 2.24) is 4.98 Å². The minimum Gasteiger partial charge on any atom is -0.378 e.